The first-order valence-corrected chi connectivity index (χ1v) is 12.5. The maximum Gasteiger partial charge on any atom is 0.234 e. The summed E-state index contributed by atoms with van der Waals surface area (Å²) in [5, 5.41) is 7.72. The van der Waals surface area contributed by atoms with Crippen LogP contribution in [-0.4, -0.2) is 54.7 Å². The SMILES string of the molecule is CC.COCc1cc2cccc(N3CCN(c4cccc(C5CCC(=O)NC5=O)c4Cl)CC3)n2n1. The summed E-state index contributed by atoms with van der Waals surface area (Å²) < 4.78 is 7.20. The lowest BCUT2D eigenvalue weighted by Crippen LogP contribution is -2.47. The van der Waals surface area contributed by atoms with Gasteiger partial charge in [0.05, 0.1) is 34.4 Å². The van der Waals surface area contributed by atoms with Crippen LogP contribution < -0.4 is 15.1 Å². The summed E-state index contributed by atoms with van der Waals surface area (Å²) in [5.41, 5.74) is 3.66. The maximum absolute atomic E-state index is 12.4. The third-order valence-electron chi connectivity index (χ3n) is 6.38. The van der Waals surface area contributed by atoms with Crippen molar-refractivity contribution >= 4 is 40.4 Å². The molecule has 2 aliphatic heterocycles. The van der Waals surface area contributed by atoms with Crippen LogP contribution in [0.1, 0.15) is 43.9 Å². The van der Waals surface area contributed by atoms with Gasteiger partial charge in [0, 0.05) is 39.7 Å². The van der Waals surface area contributed by atoms with E-state index in [1.807, 2.05) is 48.7 Å². The van der Waals surface area contributed by atoms with Crippen molar-refractivity contribution < 1.29 is 14.3 Å². The average molecular weight is 498 g/mol. The molecule has 186 valence electrons. The summed E-state index contributed by atoms with van der Waals surface area (Å²) in [4.78, 5) is 28.5. The van der Waals surface area contributed by atoms with E-state index in [4.69, 9.17) is 21.4 Å². The molecule has 0 radical (unpaired) electrons. The number of halogens is 1. The first kappa shape index (κ1) is 25.0. The van der Waals surface area contributed by atoms with Gasteiger partial charge in [-0.05, 0) is 36.2 Å². The van der Waals surface area contributed by atoms with Crippen molar-refractivity contribution in [3.8, 4) is 0 Å². The summed E-state index contributed by atoms with van der Waals surface area (Å²) >= 11 is 6.79. The van der Waals surface area contributed by atoms with Gasteiger partial charge < -0.3 is 14.5 Å². The molecule has 1 unspecified atom stereocenters. The number of carbonyl (C=O) groups excluding carboxylic acids is 2. The number of piperazine rings is 1. The summed E-state index contributed by atoms with van der Waals surface area (Å²) in [6.07, 6.45) is 0.821. The predicted molar refractivity (Wildman–Crippen MR) is 138 cm³/mol. The van der Waals surface area contributed by atoms with Crippen LogP contribution in [0.15, 0.2) is 42.5 Å². The molecular formula is C26H32ClN5O3. The molecule has 2 aliphatic rings. The standard InChI is InChI=1S/C24H26ClN5O3.C2H6/c1-33-15-16-14-17-4-2-7-22(30(17)27-16)29-12-10-28(11-13-29)20-6-3-5-18(23(20)25)19-8-9-21(31)26-24(19)32;1-2/h2-7,14,19H,8-13,15H2,1H3,(H,26,31,32);1-2H3. The molecule has 35 heavy (non-hydrogen) atoms. The minimum atomic E-state index is -0.393. The van der Waals surface area contributed by atoms with Crippen LogP contribution in [0.5, 0.6) is 0 Å². The van der Waals surface area contributed by atoms with Crippen molar-refractivity contribution in [2.24, 2.45) is 0 Å². The number of anilines is 2. The molecule has 0 saturated carbocycles. The summed E-state index contributed by atoms with van der Waals surface area (Å²) in [7, 11) is 1.67. The Balaban J connectivity index is 0.00000141. The Labute approximate surface area is 210 Å². The zero-order valence-corrected chi connectivity index (χ0v) is 21.2. The Morgan fingerprint density at radius 1 is 1.06 bits per heavy atom. The van der Waals surface area contributed by atoms with Gasteiger partial charge in [-0.1, -0.05) is 43.6 Å². The van der Waals surface area contributed by atoms with Crippen LogP contribution in [0, 0.1) is 0 Å². The fourth-order valence-electron chi connectivity index (χ4n) is 4.73. The van der Waals surface area contributed by atoms with E-state index in [0.29, 0.717) is 24.5 Å². The van der Waals surface area contributed by atoms with E-state index in [-0.39, 0.29) is 11.8 Å². The Kier molecular flexibility index (Phi) is 7.93. The zero-order valence-electron chi connectivity index (χ0n) is 20.5. The number of nitrogens with one attached hydrogen (secondary N) is 1. The fraction of sp³-hybridized carbons (Fsp3) is 0.423. The first-order chi connectivity index (χ1) is 17.0. The molecule has 9 heteroatoms. The van der Waals surface area contributed by atoms with Crippen molar-refractivity contribution in [1.82, 2.24) is 14.9 Å². The monoisotopic (exact) mass is 497 g/mol. The highest BCUT2D eigenvalue weighted by Crippen LogP contribution is 2.37. The van der Waals surface area contributed by atoms with Gasteiger partial charge in [-0.25, -0.2) is 4.52 Å². The largest absolute Gasteiger partial charge is 0.378 e. The number of ether oxygens (including phenoxy) is 1. The number of hydrogen-bond donors (Lipinski definition) is 1. The quantitative estimate of drug-likeness (QED) is 0.537. The van der Waals surface area contributed by atoms with Crippen molar-refractivity contribution in [2.75, 3.05) is 43.1 Å². The second-order valence-electron chi connectivity index (χ2n) is 8.45. The number of carbonyl (C=O) groups is 2. The number of benzene rings is 1. The van der Waals surface area contributed by atoms with E-state index >= 15 is 0 Å². The minimum Gasteiger partial charge on any atom is -0.378 e. The molecule has 2 saturated heterocycles. The van der Waals surface area contributed by atoms with Crippen molar-refractivity contribution in [3.05, 3.63) is 58.7 Å². The van der Waals surface area contributed by atoms with E-state index in [9.17, 15) is 9.59 Å². The normalized spacial score (nSPS) is 18.3. The van der Waals surface area contributed by atoms with Gasteiger partial charge in [-0.2, -0.15) is 5.10 Å². The highest BCUT2D eigenvalue weighted by molar-refractivity contribution is 6.34. The Morgan fingerprint density at radius 3 is 2.49 bits per heavy atom. The second-order valence-corrected chi connectivity index (χ2v) is 8.83. The molecule has 5 rings (SSSR count). The molecule has 4 heterocycles. The maximum atomic E-state index is 12.4. The lowest BCUT2D eigenvalue weighted by molar-refractivity contribution is -0.134. The number of aromatic nitrogens is 2. The average Bonchev–Trinajstić information content (AvgIpc) is 3.29. The van der Waals surface area contributed by atoms with Crippen LogP contribution in [0.25, 0.3) is 5.52 Å². The van der Waals surface area contributed by atoms with Gasteiger partial charge >= 0.3 is 0 Å². The minimum absolute atomic E-state index is 0.221. The van der Waals surface area contributed by atoms with Crippen molar-refractivity contribution in [1.29, 1.82) is 0 Å². The van der Waals surface area contributed by atoms with Crippen LogP contribution in [0.2, 0.25) is 5.02 Å². The van der Waals surface area contributed by atoms with E-state index < -0.39 is 5.92 Å². The van der Waals surface area contributed by atoms with E-state index in [0.717, 1.165) is 54.5 Å². The van der Waals surface area contributed by atoms with Crippen LogP contribution >= 0.6 is 11.6 Å². The van der Waals surface area contributed by atoms with Crippen molar-refractivity contribution in [2.45, 2.75) is 39.2 Å². The number of piperidine rings is 1. The molecule has 0 bridgehead atoms. The molecule has 1 aromatic carbocycles. The van der Waals surface area contributed by atoms with Gasteiger partial charge in [-0.3, -0.25) is 14.9 Å². The Bertz CT molecular complexity index is 1200. The summed E-state index contributed by atoms with van der Waals surface area (Å²) in [6.45, 7) is 7.70. The topological polar surface area (TPSA) is 79.2 Å². The number of rotatable bonds is 5. The zero-order chi connectivity index (χ0) is 24.9. The summed E-state index contributed by atoms with van der Waals surface area (Å²) in [5.74, 6) is 0.171. The molecule has 2 fully saturated rings. The van der Waals surface area contributed by atoms with Crippen molar-refractivity contribution in [3.63, 3.8) is 0 Å². The first-order valence-electron chi connectivity index (χ1n) is 12.1. The Morgan fingerprint density at radius 2 is 1.77 bits per heavy atom. The van der Waals surface area contributed by atoms with Gasteiger partial charge in [0.1, 0.15) is 5.82 Å². The van der Waals surface area contributed by atoms with E-state index in [1.54, 1.807) is 7.11 Å². The number of methoxy groups -OCH3 is 1. The number of fused-ring (bicyclic) bond motifs is 1. The molecule has 8 nitrogen and oxygen atoms in total. The number of pyridine rings is 1. The van der Waals surface area contributed by atoms with Crippen LogP contribution in [0.3, 0.4) is 0 Å². The number of imide groups is 1. The highest BCUT2D eigenvalue weighted by Gasteiger charge is 2.31. The van der Waals surface area contributed by atoms with Gasteiger partial charge in [0.15, 0.2) is 0 Å². The van der Waals surface area contributed by atoms with Gasteiger partial charge in [0.2, 0.25) is 11.8 Å². The molecule has 2 aromatic heterocycles. The molecule has 0 spiro atoms. The number of amides is 2. The highest BCUT2D eigenvalue weighted by atomic mass is 35.5. The number of hydrogen-bond acceptors (Lipinski definition) is 6. The van der Waals surface area contributed by atoms with Crippen LogP contribution in [-0.2, 0) is 20.9 Å². The molecule has 0 aliphatic carbocycles. The smallest absolute Gasteiger partial charge is 0.234 e. The second kappa shape index (κ2) is 11.1. The van der Waals surface area contributed by atoms with Crippen LogP contribution in [0.4, 0.5) is 11.5 Å². The van der Waals surface area contributed by atoms with Gasteiger partial charge in [0.25, 0.3) is 0 Å². The lowest BCUT2D eigenvalue weighted by Gasteiger charge is -2.38. The molecule has 3 aromatic rings. The third-order valence-corrected chi connectivity index (χ3v) is 6.79. The Hall–Kier alpha value is -3.10. The predicted octanol–water partition coefficient (Wildman–Crippen LogP) is 4.01. The molecule has 1 N–H and O–H groups in total. The third kappa shape index (κ3) is 5.13. The fourth-order valence-corrected chi connectivity index (χ4v) is 5.10. The van der Waals surface area contributed by atoms with Gasteiger partial charge in [-0.15, -0.1) is 0 Å². The lowest BCUT2D eigenvalue weighted by atomic mass is 9.90. The molecule has 2 amide bonds. The number of nitrogens with zero attached hydrogens (tertiary/aromatic N) is 4. The summed E-state index contributed by atoms with van der Waals surface area (Å²) in [6, 6.07) is 14.1. The van der Waals surface area contributed by atoms with E-state index in [1.165, 1.54) is 0 Å². The molecular weight excluding hydrogens is 466 g/mol. The molecule has 1 atom stereocenters. The van der Waals surface area contributed by atoms with E-state index in [2.05, 4.69) is 27.2 Å².